The summed E-state index contributed by atoms with van der Waals surface area (Å²) in [6, 6.07) is 1.56. The zero-order valence-electron chi connectivity index (χ0n) is 7.87. The normalized spacial score (nSPS) is 11.4. The van der Waals surface area contributed by atoms with Crippen LogP contribution in [0.4, 0.5) is 0 Å². The van der Waals surface area contributed by atoms with Gasteiger partial charge in [0, 0.05) is 6.20 Å². The maximum absolute atomic E-state index is 10.8. The number of aryl methyl sites for hydroxylation is 1. The summed E-state index contributed by atoms with van der Waals surface area (Å²) in [6.07, 6.45) is 1.50. The Morgan fingerprint density at radius 1 is 1.54 bits per heavy atom. The first kappa shape index (κ1) is 12.7. The summed E-state index contributed by atoms with van der Waals surface area (Å²) in [5, 5.41) is 0. The summed E-state index contributed by atoms with van der Waals surface area (Å²) < 4.78 is 10.8. The Hall–Kier alpha value is -0.345. The van der Waals surface area contributed by atoms with E-state index in [4.69, 9.17) is 18.5 Å². The third-order valence-electron chi connectivity index (χ3n) is 1.23. The molecule has 0 amide bonds. The van der Waals surface area contributed by atoms with Gasteiger partial charge in [0.25, 0.3) is 0 Å². The van der Waals surface area contributed by atoms with E-state index in [-0.39, 0.29) is 0 Å². The Morgan fingerprint density at radius 2 is 2.08 bits per heavy atom. The fraction of sp³-hybridized carbons (Fsp3) is 0.375. The van der Waals surface area contributed by atoms with E-state index in [0.717, 1.165) is 0 Å². The lowest BCUT2D eigenvalue weighted by Crippen LogP contribution is -2.06. The lowest BCUT2D eigenvalue weighted by atomic mass is 9.99. The van der Waals surface area contributed by atoms with Gasteiger partial charge in [-0.05, 0) is 23.7 Å². The van der Waals surface area contributed by atoms with Gasteiger partial charge in [0.1, 0.15) is 17.9 Å². The van der Waals surface area contributed by atoms with E-state index in [1.165, 1.54) is 6.20 Å². The first-order chi connectivity index (χ1) is 6.11. The van der Waals surface area contributed by atoms with Gasteiger partial charge in [-0.1, -0.05) is 19.3 Å². The minimum atomic E-state index is -1.52. The summed E-state index contributed by atoms with van der Waals surface area (Å²) in [6.45, 7) is 5.73. The lowest BCUT2D eigenvalue weighted by Gasteiger charge is -1.99. The van der Waals surface area contributed by atoms with Gasteiger partial charge in [-0.2, -0.15) is 0 Å². The van der Waals surface area contributed by atoms with Crippen molar-refractivity contribution in [3.8, 4) is 0 Å². The molecule has 2 radical (unpaired) electrons. The Labute approximate surface area is 87.1 Å². The van der Waals surface area contributed by atoms with Crippen LogP contribution in [-0.2, 0) is 10.0 Å². The molecule has 0 saturated heterocycles. The van der Waals surface area contributed by atoms with E-state index in [2.05, 4.69) is 4.98 Å². The summed E-state index contributed by atoms with van der Waals surface area (Å²) in [4.78, 5) is 4.38. The van der Waals surface area contributed by atoms with Gasteiger partial charge >= 0.3 is 0 Å². The van der Waals surface area contributed by atoms with Crippen LogP contribution in [0.25, 0.3) is 0 Å². The number of pyridine rings is 1. The highest BCUT2D eigenvalue weighted by Gasteiger charge is 2.04. The molecule has 1 aromatic heterocycles. The Morgan fingerprint density at radius 3 is 2.46 bits per heavy atom. The van der Waals surface area contributed by atoms with Gasteiger partial charge in [0.15, 0.2) is 0 Å². The van der Waals surface area contributed by atoms with Crippen LogP contribution in [0.5, 0.6) is 0 Å². The largest absolute Gasteiger partial charge is 0.261 e. The smallest absolute Gasteiger partial charge is 0.149 e. The minimum absolute atomic E-state index is 0.472. The number of aromatic nitrogens is 1. The molecule has 70 valence electrons. The van der Waals surface area contributed by atoms with Crippen molar-refractivity contribution in [1.82, 2.24) is 4.98 Å². The number of rotatable bonds is 1. The lowest BCUT2D eigenvalue weighted by molar-refractivity contribution is 0.690. The molecule has 1 aromatic rings. The van der Waals surface area contributed by atoms with Crippen LogP contribution in [0.3, 0.4) is 0 Å². The van der Waals surface area contributed by atoms with E-state index >= 15 is 0 Å². The molecule has 0 aromatic carbocycles. The number of halogens is 1. The fourth-order valence-corrected chi connectivity index (χ4v) is 1.67. The van der Waals surface area contributed by atoms with Crippen molar-refractivity contribution in [2.24, 2.45) is 0 Å². The molecule has 0 bridgehead atoms. The molecule has 0 saturated carbocycles. The molecular formula is C8H11BClNOS. The highest BCUT2D eigenvalue weighted by atomic mass is 35.7. The topological polar surface area (TPSA) is 30.0 Å². The van der Waals surface area contributed by atoms with Crippen LogP contribution >= 0.6 is 10.7 Å². The molecule has 1 atom stereocenters. The number of hydrogen-bond acceptors (Lipinski definition) is 2. The fourth-order valence-electron chi connectivity index (χ4n) is 0.691. The first-order valence-electron chi connectivity index (χ1n) is 3.91. The molecule has 2 nitrogen and oxygen atoms in total. The summed E-state index contributed by atoms with van der Waals surface area (Å²) in [7, 11) is 9.25. The molecule has 0 N–H and O–H groups in total. The third-order valence-corrected chi connectivity index (χ3v) is 2.49. The Kier molecular flexibility index (Phi) is 6.00. The van der Waals surface area contributed by atoms with Gasteiger partial charge in [-0.3, -0.25) is 4.98 Å². The Bertz CT molecular complexity index is 306. The summed E-state index contributed by atoms with van der Waals surface area (Å²) >= 11 is 0. The molecule has 5 heteroatoms. The quantitative estimate of drug-likeness (QED) is 0.525. The van der Waals surface area contributed by atoms with Gasteiger partial charge in [-0.15, -0.1) is 0 Å². The highest BCUT2D eigenvalue weighted by molar-refractivity contribution is 8.08. The number of nitrogens with zero attached hydrogens (tertiary/aromatic N) is 1. The molecule has 1 rings (SSSR count). The molecular weight excluding hydrogens is 204 g/mol. The molecule has 0 aliphatic rings. The van der Waals surface area contributed by atoms with E-state index in [1.807, 2.05) is 13.8 Å². The maximum atomic E-state index is 10.8. The first-order valence-corrected chi connectivity index (χ1v) is 5.89. The van der Waals surface area contributed by atoms with Crippen LogP contribution in [-0.4, -0.2) is 17.0 Å². The zero-order valence-corrected chi connectivity index (χ0v) is 9.45. The average Bonchev–Trinajstić information content (AvgIpc) is 2.12. The predicted octanol–water partition coefficient (Wildman–Crippen LogP) is 1.47. The second-order valence-corrected chi connectivity index (χ2v) is 3.80. The van der Waals surface area contributed by atoms with Crippen molar-refractivity contribution in [2.75, 3.05) is 0 Å². The minimum Gasteiger partial charge on any atom is -0.261 e. The van der Waals surface area contributed by atoms with Crippen molar-refractivity contribution >= 4 is 34.0 Å². The van der Waals surface area contributed by atoms with Crippen molar-refractivity contribution in [1.29, 1.82) is 0 Å². The van der Waals surface area contributed by atoms with Crippen molar-refractivity contribution < 1.29 is 4.21 Å². The third kappa shape index (κ3) is 3.92. The van der Waals surface area contributed by atoms with Crippen molar-refractivity contribution in [3.63, 3.8) is 0 Å². The highest BCUT2D eigenvalue weighted by Crippen LogP contribution is 2.10. The van der Waals surface area contributed by atoms with E-state index in [0.29, 0.717) is 16.1 Å². The van der Waals surface area contributed by atoms with Crippen LogP contribution in [0.15, 0.2) is 17.2 Å². The Balaban J connectivity index is 0.000000671. The monoisotopic (exact) mass is 215 g/mol. The van der Waals surface area contributed by atoms with Crippen LogP contribution < -0.4 is 5.46 Å². The van der Waals surface area contributed by atoms with Crippen LogP contribution in [0.1, 0.15) is 19.5 Å². The molecule has 0 aliphatic heterocycles. The second kappa shape index (κ2) is 6.16. The van der Waals surface area contributed by atoms with Crippen molar-refractivity contribution in [2.45, 2.75) is 25.7 Å². The second-order valence-electron chi connectivity index (χ2n) is 2.08. The van der Waals surface area contributed by atoms with E-state index in [1.54, 1.807) is 13.0 Å². The zero-order chi connectivity index (χ0) is 10.4. The maximum Gasteiger partial charge on any atom is 0.149 e. The summed E-state index contributed by atoms with van der Waals surface area (Å²) in [5.74, 6) is 0. The van der Waals surface area contributed by atoms with E-state index in [9.17, 15) is 4.21 Å². The molecule has 0 spiro atoms. The van der Waals surface area contributed by atoms with Crippen LogP contribution in [0, 0.1) is 6.92 Å². The molecule has 1 unspecified atom stereocenters. The molecule has 1 heterocycles. The SMILES string of the molecule is CC.[B]c1cnc(C)c(S(=O)Cl)c1. The van der Waals surface area contributed by atoms with Crippen molar-refractivity contribution in [3.05, 3.63) is 18.0 Å². The van der Waals surface area contributed by atoms with Gasteiger partial charge in [0.2, 0.25) is 0 Å². The van der Waals surface area contributed by atoms with Gasteiger partial charge in [0.05, 0.1) is 10.6 Å². The predicted molar refractivity (Wildman–Crippen MR) is 58.0 cm³/mol. The number of hydrogen-bond donors (Lipinski definition) is 0. The standard InChI is InChI=1S/C6H5BClNOS.C2H6/c1-4-6(11(8)10)2-5(7)3-9-4;1-2/h2-3H,1H3;1-2H3. The summed E-state index contributed by atoms with van der Waals surface area (Å²) in [5.41, 5.74) is 1.12. The molecule has 0 fully saturated rings. The molecule has 0 aliphatic carbocycles. The van der Waals surface area contributed by atoms with Gasteiger partial charge < -0.3 is 0 Å². The molecule has 13 heavy (non-hydrogen) atoms. The van der Waals surface area contributed by atoms with Crippen LogP contribution in [0.2, 0.25) is 0 Å². The average molecular weight is 216 g/mol. The van der Waals surface area contributed by atoms with E-state index < -0.39 is 10.0 Å². The van der Waals surface area contributed by atoms with Gasteiger partial charge in [-0.25, -0.2) is 4.21 Å².